The predicted molar refractivity (Wildman–Crippen MR) is 155 cm³/mol. The van der Waals surface area contributed by atoms with Gasteiger partial charge >= 0.3 is 0 Å². The molecule has 1 N–H and O–H groups in total. The molecule has 1 aliphatic heterocycles. The van der Waals surface area contributed by atoms with E-state index < -0.39 is 10.0 Å². The molecule has 4 aromatic rings. The molecule has 0 atom stereocenters. The van der Waals surface area contributed by atoms with Crippen molar-refractivity contribution in [2.75, 3.05) is 30.8 Å². The van der Waals surface area contributed by atoms with Crippen LogP contribution in [0.25, 0.3) is 22.3 Å². The van der Waals surface area contributed by atoms with Gasteiger partial charge in [0.25, 0.3) is 5.91 Å². The van der Waals surface area contributed by atoms with Crippen molar-refractivity contribution in [1.82, 2.24) is 5.32 Å². The molecule has 1 saturated heterocycles. The highest BCUT2D eigenvalue weighted by atomic mass is 32.2. The van der Waals surface area contributed by atoms with Crippen LogP contribution in [0.4, 0.5) is 10.1 Å². The number of carbonyl (C=O) groups is 1. The van der Waals surface area contributed by atoms with E-state index >= 15 is 0 Å². The highest BCUT2D eigenvalue weighted by Crippen LogP contribution is 2.48. The third kappa shape index (κ3) is 5.54. The molecule has 2 fully saturated rings. The minimum absolute atomic E-state index is 0.213. The topological polar surface area (TPSA) is 98.1 Å². The average Bonchev–Trinajstić information content (AvgIpc) is 3.74. The maximum atomic E-state index is 13.2. The zero-order chi connectivity index (χ0) is 28.7. The van der Waals surface area contributed by atoms with Gasteiger partial charge in [0.05, 0.1) is 17.5 Å². The van der Waals surface area contributed by atoms with Crippen molar-refractivity contribution in [2.24, 2.45) is 0 Å². The number of nitrogens with one attached hydrogen (secondary N) is 1. The number of ether oxygens (including phenoxy) is 2. The molecular formula is C31H31FN2O6S. The first kappa shape index (κ1) is 27.3. The van der Waals surface area contributed by atoms with Gasteiger partial charge in [-0.2, -0.15) is 0 Å². The fourth-order valence-electron chi connectivity index (χ4n) is 5.49. The van der Waals surface area contributed by atoms with E-state index in [2.05, 4.69) is 5.32 Å². The molecule has 1 saturated carbocycles. The summed E-state index contributed by atoms with van der Waals surface area (Å²) in [5.41, 5.74) is 3.01. The zero-order valence-electron chi connectivity index (χ0n) is 22.9. The fourth-order valence-corrected chi connectivity index (χ4v) is 6.76. The van der Waals surface area contributed by atoms with Crippen molar-refractivity contribution in [3.8, 4) is 22.8 Å². The van der Waals surface area contributed by atoms with Crippen LogP contribution in [0.1, 0.15) is 47.5 Å². The largest absolute Gasteiger partial charge is 0.457 e. The van der Waals surface area contributed by atoms with Crippen molar-refractivity contribution in [2.45, 2.75) is 37.6 Å². The lowest BCUT2D eigenvalue weighted by molar-refractivity contribution is 0.0875. The van der Waals surface area contributed by atoms with Gasteiger partial charge in [-0.05, 0) is 91.8 Å². The smallest absolute Gasteiger partial charge is 0.255 e. The number of sulfonamides is 1. The van der Waals surface area contributed by atoms with Crippen LogP contribution in [-0.4, -0.2) is 46.9 Å². The quantitative estimate of drug-likeness (QED) is 0.267. The Morgan fingerprint density at radius 3 is 2.20 bits per heavy atom. The summed E-state index contributed by atoms with van der Waals surface area (Å²) in [5.74, 6) is 0.982. The van der Waals surface area contributed by atoms with Crippen LogP contribution in [0, 0.1) is 5.82 Å². The fraction of sp³-hybridized carbons (Fsp3) is 0.323. The first-order valence-corrected chi connectivity index (χ1v) is 15.5. The van der Waals surface area contributed by atoms with Crippen LogP contribution < -0.4 is 14.4 Å². The van der Waals surface area contributed by atoms with Crippen molar-refractivity contribution < 1.29 is 31.5 Å². The van der Waals surface area contributed by atoms with E-state index in [0.29, 0.717) is 71.1 Å². The molecule has 1 amide bonds. The first-order chi connectivity index (χ1) is 19.7. The Labute approximate surface area is 238 Å². The number of anilines is 1. The standard InChI is InChI=1S/C31H31FN2O6S/c1-33-31(35)29-26-17-25(19-3-4-19)27(34(41(2,36)37)22-13-15-38-16-14-22)18-28(26)40-30(29)20-5-9-23(10-6-20)39-24-11-7-21(32)8-12-24/h5-12,17-19,22H,3-4,13-16H2,1-2H3,(H,33,35). The van der Waals surface area contributed by atoms with E-state index in [1.54, 1.807) is 49.5 Å². The van der Waals surface area contributed by atoms with Crippen LogP contribution in [0.5, 0.6) is 11.5 Å². The van der Waals surface area contributed by atoms with Crippen molar-refractivity contribution in [1.29, 1.82) is 0 Å². The summed E-state index contributed by atoms with van der Waals surface area (Å²) >= 11 is 0. The molecule has 3 aromatic carbocycles. The number of halogens is 1. The maximum absolute atomic E-state index is 13.2. The Balaban J connectivity index is 1.45. The predicted octanol–water partition coefficient (Wildman–Crippen LogP) is 6.21. The van der Waals surface area contributed by atoms with Gasteiger partial charge in [0.15, 0.2) is 0 Å². The van der Waals surface area contributed by atoms with E-state index in [9.17, 15) is 17.6 Å². The molecule has 2 heterocycles. The number of furan rings is 1. The number of hydrogen-bond acceptors (Lipinski definition) is 6. The van der Waals surface area contributed by atoms with E-state index in [4.69, 9.17) is 13.9 Å². The van der Waals surface area contributed by atoms with Gasteiger partial charge in [-0.1, -0.05) is 0 Å². The number of hydrogen-bond donors (Lipinski definition) is 1. The van der Waals surface area contributed by atoms with Crippen molar-refractivity contribution in [3.05, 3.63) is 77.6 Å². The van der Waals surface area contributed by atoms with Gasteiger partial charge in [-0.15, -0.1) is 0 Å². The van der Waals surface area contributed by atoms with E-state index in [1.165, 1.54) is 22.7 Å². The second-order valence-electron chi connectivity index (χ2n) is 10.5. The summed E-state index contributed by atoms with van der Waals surface area (Å²) in [6, 6.07) is 16.3. The second-order valence-corrected chi connectivity index (χ2v) is 12.4. The lowest BCUT2D eigenvalue weighted by Gasteiger charge is -2.35. The summed E-state index contributed by atoms with van der Waals surface area (Å²) in [7, 11) is -2.04. The number of nitrogens with zero attached hydrogens (tertiary/aromatic N) is 1. The summed E-state index contributed by atoms with van der Waals surface area (Å²) in [6.07, 6.45) is 4.37. The average molecular weight is 579 g/mol. The first-order valence-electron chi connectivity index (χ1n) is 13.7. The second kappa shape index (κ2) is 10.8. The molecule has 0 unspecified atom stereocenters. The molecular weight excluding hydrogens is 547 g/mol. The van der Waals surface area contributed by atoms with Crippen LogP contribution in [-0.2, 0) is 14.8 Å². The highest BCUT2D eigenvalue weighted by Gasteiger charge is 2.36. The number of fused-ring (bicyclic) bond motifs is 1. The number of benzene rings is 3. The van der Waals surface area contributed by atoms with Crippen LogP contribution in [0.15, 0.2) is 65.1 Å². The molecule has 41 heavy (non-hydrogen) atoms. The summed E-state index contributed by atoms with van der Waals surface area (Å²) in [5, 5.41) is 3.36. The molecule has 214 valence electrons. The van der Waals surface area contributed by atoms with Gasteiger partial charge in [0.2, 0.25) is 10.0 Å². The number of amides is 1. The van der Waals surface area contributed by atoms with Crippen molar-refractivity contribution >= 4 is 32.6 Å². The van der Waals surface area contributed by atoms with E-state index in [-0.39, 0.29) is 23.7 Å². The van der Waals surface area contributed by atoms with Crippen LogP contribution in [0.3, 0.4) is 0 Å². The summed E-state index contributed by atoms with van der Waals surface area (Å²) in [4.78, 5) is 13.2. The molecule has 1 aromatic heterocycles. The number of carbonyl (C=O) groups excluding carboxylic acids is 1. The summed E-state index contributed by atoms with van der Waals surface area (Å²) in [6.45, 7) is 1.01. The Kier molecular flexibility index (Phi) is 7.21. The van der Waals surface area contributed by atoms with Crippen LogP contribution >= 0.6 is 0 Å². The van der Waals surface area contributed by atoms with Gasteiger partial charge in [0.1, 0.15) is 28.7 Å². The molecule has 0 bridgehead atoms. The van der Waals surface area contributed by atoms with Gasteiger partial charge in [-0.25, -0.2) is 12.8 Å². The van der Waals surface area contributed by atoms with Gasteiger partial charge < -0.3 is 19.2 Å². The third-order valence-corrected chi connectivity index (χ3v) is 8.80. The van der Waals surface area contributed by atoms with Crippen LogP contribution in [0.2, 0.25) is 0 Å². The highest BCUT2D eigenvalue weighted by molar-refractivity contribution is 7.92. The normalized spacial score (nSPS) is 16.1. The molecule has 1 aliphatic carbocycles. The monoisotopic (exact) mass is 578 g/mol. The Bertz CT molecular complexity index is 1690. The molecule has 10 heteroatoms. The molecule has 8 nitrogen and oxygen atoms in total. The molecule has 6 rings (SSSR count). The minimum Gasteiger partial charge on any atom is -0.457 e. The van der Waals surface area contributed by atoms with E-state index in [0.717, 1.165) is 18.4 Å². The molecule has 0 spiro atoms. The Morgan fingerprint density at radius 1 is 0.976 bits per heavy atom. The molecule has 0 radical (unpaired) electrons. The minimum atomic E-state index is -3.60. The Morgan fingerprint density at radius 2 is 1.61 bits per heavy atom. The SMILES string of the molecule is CNC(=O)c1c(-c2ccc(Oc3ccc(F)cc3)cc2)oc2cc(N(C3CCOCC3)S(C)(=O)=O)c(C3CC3)cc12. The summed E-state index contributed by atoms with van der Waals surface area (Å²) < 4.78 is 58.7. The van der Waals surface area contributed by atoms with Gasteiger partial charge in [0, 0.05) is 43.3 Å². The van der Waals surface area contributed by atoms with E-state index in [1.807, 2.05) is 6.07 Å². The zero-order valence-corrected chi connectivity index (χ0v) is 23.7. The third-order valence-electron chi connectivity index (χ3n) is 7.59. The molecule has 2 aliphatic rings. The maximum Gasteiger partial charge on any atom is 0.255 e. The van der Waals surface area contributed by atoms with Gasteiger partial charge in [-0.3, -0.25) is 9.10 Å². The Hall–Kier alpha value is -3.89. The number of rotatable bonds is 8. The van der Waals surface area contributed by atoms with Crippen molar-refractivity contribution in [3.63, 3.8) is 0 Å². The lowest BCUT2D eigenvalue weighted by Crippen LogP contribution is -2.43. The lowest BCUT2D eigenvalue weighted by atomic mass is 9.99.